The first-order valence-electron chi connectivity index (χ1n) is 8.73. The van der Waals surface area contributed by atoms with Gasteiger partial charge < -0.3 is 4.74 Å². The molecule has 0 spiro atoms. The van der Waals surface area contributed by atoms with Crippen LogP contribution >= 0.6 is 34.4 Å². The number of rotatable bonds is 7. The summed E-state index contributed by atoms with van der Waals surface area (Å²) in [6, 6.07) is 15.6. The van der Waals surface area contributed by atoms with Crippen molar-refractivity contribution in [2.75, 3.05) is 13.2 Å². The number of imide groups is 1. The van der Waals surface area contributed by atoms with Crippen molar-refractivity contribution in [2.45, 2.75) is 12.8 Å². The maximum Gasteiger partial charge on any atom is 0.293 e. The molecule has 0 bridgehead atoms. The molecule has 2 aromatic rings. The Kier molecular flexibility index (Phi) is 7.18. The van der Waals surface area contributed by atoms with Crippen molar-refractivity contribution in [3.05, 3.63) is 68.1 Å². The molecule has 6 heteroatoms. The first-order chi connectivity index (χ1) is 13.6. The molecule has 1 fully saturated rings. The monoisotopic (exact) mass is 503 g/mol. The molecule has 2 aromatic carbocycles. The fourth-order valence-electron chi connectivity index (χ4n) is 2.77. The molecule has 1 aliphatic heterocycles. The molecule has 1 aliphatic rings. The zero-order valence-electron chi connectivity index (χ0n) is 15.1. The van der Waals surface area contributed by atoms with Crippen LogP contribution in [-0.4, -0.2) is 29.2 Å². The quantitative estimate of drug-likeness (QED) is 0.304. The van der Waals surface area contributed by atoms with E-state index in [1.165, 1.54) is 10.5 Å². The number of amides is 2. The molecule has 4 nitrogen and oxygen atoms in total. The summed E-state index contributed by atoms with van der Waals surface area (Å²) in [7, 11) is 0. The lowest BCUT2D eigenvalue weighted by Crippen LogP contribution is -2.29. The van der Waals surface area contributed by atoms with Crippen LogP contribution in [0.1, 0.15) is 17.5 Å². The third kappa shape index (κ3) is 5.18. The highest BCUT2D eigenvalue weighted by molar-refractivity contribution is 14.1. The van der Waals surface area contributed by atoms with Crippen LogP contribution in [-0.2, 0) is 11.2 Å². The van der Waals surface area contributed by atoms with Crippen LogP contribution in [0.2, 0.25) is 0 Å². The standard InChI is InChI=1S/C22H18INO3S/c1-2-13-27-19-11-10-17(14-18(19)23)15-20-21(25)24(22(26)28-20)12-6-9-16-7-4-3-5-8-16/h1,3-5,7-8,10-11,14-15H,6,9,12-13H2/b20-15+. The van der Waals surface area contributed by atoms with E-state index in [0.29, 0.717) is 17.2 Å². The van der Waals surface area contributed by atoms with E-state index in [1.807, 2.05) is 48.5 Å². The Morgan fingerprint density at radius 1 is 1.18 bits per heavy atom. The van der Waals surface area contributed by atoms with E-state index in [4.69, 9.17) is 11.2 Å². The number of hydrogen-bond donors (Lipinski definition) is 0. The second-order valence-electron chi connectivity index (χ2n) is 6.11. The predicted octanol–water partition coefficient (Wildman–Crippen LogP) is 4.97. The highest BCUT2D eigenvalue weighted by atomic mass is 127. The number of benzene rings is 2. The first kappa shape index (κ1) is 20.5. The van der Waals surface area contributed by atoms with Gasteiger partial charge in [0.15, 0.2) is 0 Å². The van der Waals surface area contributed by atoms with Gasteiger partial charge in [0.1, 0.15) is 12.4 Å². The molecule has 0 saturated carbocycles. The fourth-order valence-corrected chi connectivity index (χ4v) is 4.33. The van der Waals surface area contributed by atoms with Gasteiger partial charge in [-0.2, -0.15) is 0 Å². The van der Waals surface area contributed by atoms with Crippen molar-refractivity contribution in [1.29, 1.82) is 0 Å². The molecule has 2 amide bonds. The molecule has 0 radical (unpaired) electrons. The molecule has 0 aliphatic carbocycles. The second-order valence-corrected chi connectivity index (χ2v) is 8.26. The normalized spacial score (nSPS) is 15.1. The third-order valence-corrected chi connectivity index (χ3v) is 5.88. The van der Waals surface area contributed by atoms with Crippen LogP contribution in [0.5, 0.6) is 5.75 Å². The molecule has 28 heavy (non-hydrogen) atoms. The number of carbonyl (C=O) groups is 2. The fraction of sp³-hybridized carbons (Fsp3) is 0.182. The van der Waals surface area contributed by atoms with Gasteiger partial charge >= 0.3 is 0 Å². The Balaban J connectivity index is 1.64. The van der Waals surface area contributed by atoms with Gasteiger partial charge in [-0.05, 0) is 76.5 Å². The summed E-state index contributed by atoms with van der Waals surface area (Å²) in [5.41, 5.74) is 2.04. The molecule has 3 rings (SSSR count). The van der Waals surface area contributed by atoms with Gasteiger partial charge in [-0.1, -0.05) is 42.3 Å². The molecule has 0 aromatic heterocycles. The third-order valence-electron chi connectivity index (χ3n) is 4.13. The summed E-state index contributed by atoms with van der Waals surface area (Å²) in [6.07, 6.45) is 8.53. The zero-order valence-corrected chi connectivity index (χ0v) is 18.0. The van der Waals surface area contributed by atoms with E-state index in [0.717, 1.165) is 33.7 Å². The van der Waals surface area contributed by atoms with Gasteiger partial charge in [0.25, 0.3) is 11.1 Å². The van der Waals surface area contributed by atoms with Gasteiger partial charge in [-0.15, -0.1) is 6.42 Å². The van der Waals surface area contributed by atoms with E-state index in [9.17, 15) is 9.59 Å². The number of ether oxygens (including phenoxy) is 1. The number of terminal acetylenes is 1. The minimum atomic E-state index is -0.231. The Hall–Kier alpha value is -2.24. The van der Waals surface area contributed by atoms with Crippen molar-refractivity contribution in [1.82, 2.24) is 4.90 Å². The summed E-state index contributed by atoms with van der Waals surface area (Å²) in [4.78, 5) is 26.6. The van der Waals surface area contributed by atoms with Crippen molar-refractivity contribution in [2.24, 2.45) is 0 Å². The van der Waals surface area contributed by atoms with Crippen LogP contribution in [0.15, 0.2) is 53.4 Å². The molecular weight excluding hydrogens is 485 g/mol. The molecule has 1 saturated heterocycles. The van der Waals surface area contributed by atoms with E-state index in [-0.39, 0.29) is 17.8 Å². The summed E-state index contributed by atoms with van der Waals surface area (Å²) in [5.74, 6) is 2.90. The number of thioether (sulfide) groups is 1. The summed E-state index contributed by atoms with van der Waals surface area (Å²) in [5, 5.41) is -0.215. The number of aryl methyl sites for hydroxylation is 1. The molecule has 142 valence electrons. The Bertz CT molecular complexity index is 950. The van der Waals surface area contributed by atoms with E-state index in [2.05, 4.69) is 28.5 Å². The van der Waals surface area contributed by atoms with Crippen molar-refractivity contribution < 1.29 is 14.3 Å². The molecular formula is C22H18INO3S. The van der Waals surface area contributed by atoms with Crippen molar-refractivity contribution in [3.63, 3.8) is 0 Å². The Morgan fingerprint density at radius 2 is 1.96 bits per heavy atom. The lowest BCUT2D eigenvalue weighted by atomic mass is 10.1. The highest BCUT2D eigenvalue weighted by Crippen LogP contribution is 2.33. The van der Waals surface area contributed by atoms with E-state index in [1.54, 1.807) is 6.08 Å². The van der Waals surface area contributed by atoms with Crippen LogP contribution in [0.25, 0.3) is 6.08 Å². The summed E-state index contributed by atoms with van der Waals surface area (Å²) in [6.45, 7) is 0.629. The minimum absolute atomic E-state index is 0.206. The van der Waals surface area contributed by atoms with E-state index >= 15 is 0 Å². The summed E-state index contributed by atoms with van der Waals surface area (Å²) < 4.78 is 6.34. The van der Waals surface area contributed by atoms with Crippen molar-refractivity contribution in [3.8, 4) is 18.1 Å². The van der Waals surface area contributed by atoms with Crippen molar-refractivity contribution >= 4 is 51.6 Å². The molecule has 0 unspecified atom stereocenters. The Morgan fingerprint density at radius 3 is 2.68 bits per heavy atom. The average molecular weight is 503 g/mol. The smallest absolute Gasteiger partial charge is 0.293 e. The number of halogens is 1. The van der Waals surface area contributed by atoms with Gasteiger partial charge in [-0.3, -0.25) is 14.5 Å². The first-order valence-corrected chi connectivity index (χ1v) is 10.6. The lowest BCUT2D eigenvalue weighted by molar-refractivity contribution is -0.122. The SMILES string of the molecule is C#CCOc1ccc(/C=C2/SC(=O)N(CCCc3ccccc3)C2=O)cc1I. The van der Waals surface area contributed by atoms with Crippen LogP contribution in [0, 0.1) is 15.9 Å². The predicted molar refractivity (Wildman–Crippen MR) is 121 cm³/mol. The maximum atomic E-state index is 12.6. The molecule has 0 N–H and O–H groups in total. The van der Waals surface area contributed by atoms with Gasteiger partial charge in [0.2, 0.25) is 0 Å². The zero-order chi connectivity index (χ0) is 19.9. The van der Waals surface area contributed by atoms with Crippen LogP contribution in [0.3, 0.4) is 0 Å². The molecule has 1 heterocycles. The van der Waals surface area contributed by atoms with E-state index < -0.39 is 0 Å². The topological polar surface area (TPSA) is 46.6 Å². The Labute approximate surface area is 182 Å². The molecule has 0 atom stereocenters. The van der Waals surface area contributed by atoms with Crippen LogP contribution < -0.4 is 4.74 Å². The maximum absolute atomic E-state index is 12.6. The largest absolute Gasteiger partial charge is 0.480 e. The number of carbonyl (C=O) groups excluding carboxylic acids is 2. The van der Waals surface area contributed by atoms with Gasteiger partial charge in [0, 0.05) is 6.54 Å². The van der Waals surface area contributed by atoms with Crippen LogP contribution in [0.4, 0.5) is 4.79 Å². The number of nitrogens with zero attached hydrogens (tertiary/aromatic N) is 1. The minimum Gasteiger partial charge on any atom is -0.480 e. The average Bonchev–Trinajstić information content (AvgIpc) is 2.95. The van der Waals surface area contributed by atoms with Gasteiger partial charge in [0.05, 0.1) is 8.48 Å². The highest BCUT2D eigenvalue weighted by Gasteiger charge is 2.34. The van der Waals surface area contributed by atoms with Gasteiger partial charge in [-0.25, -0.2) is 0 Å². The number of hydrogen-bond acceptors (Lipinski definition) is 4. The second kappa shape index (κ2) is 9.80. The lowest BCUT2D eigenvalue weighted by Gasteiger charge is -2.12. The summed E-state index contributed by atoms with van der Waals surface area (Å²) >= 11 is 3.14.